The van der Waals surface area contributed by atoms with E-state index in [4.69, 9.17) is 11.6 Å². The molecule has 0 amide bonds. The van der Waals surface area contributed by atoms with Gasteiger partial charge in [0.1, 0.15) is 6.20 Å². The van der Waals surface area contributed by atoms with E-state index in [1.807, 2.05) is 0 Å². The molecule has 1 heterocycles. The van der Waals surface area contributed by atoms with Gasteiger partial charge in [0.05, 0.1) is 7.05 Å². The zero-order chi connectivity index (χ0) is 6.85. The molecule has 0 aromatic carbocycles. The Labute approximate surface area is 57.3 Å². The molecule has 4 heteroatoms. The Hall–Kier alpha value is -0.830. The molecule has 0 radical (unpaired) electrons. The molecule has 0 unspecified atom stereocenters. The van der Waals surface area contributed by atoms with Gasteiger partial charge in [-0.05, 0) is 11.6 Å². The van der Waals surface area contributed by atoms with Crippen molar-refractivity contribution in [3.05, 3.63) is 18.2 Å². The summed E-state index contributed by atoms with van der Waals surface area (Å²) in [5.74, 6) is 0. The molecule has 0 spiro atoms. The van der Waals surface area contributed by atoms with Gasteiger partial charge < -0.3 is 0 Å². The second-order valence-electron chi connectivity index (χ2n) is 1.71. The predicted octanol–water partition coefficient (Wildman–Crippen LogP) is 0.218. The number of hydrogen-bond acceptors (Lipinski definition) is 1. The summed E-state index contributed by atoms with van der Waals surface area (Å²) in [5, 5.41) is -0.446. The van der Waals surface area contributed by atoms with Gasteiger partial charge in [-0.1, -0.05) is 0 Å². The molecule has 0 aliphatic heterocycles. The van der Waals surface area contributed by atoms with Crippen LogP contribution in [0.15, 0.2) is 12.5 Å². The van der Waals surface area contributed by atoms with Crippen molar-refractivity contribution in [3.63, 3.8) is 0 Å². The van der Waals surface area contributed by atoms with E-state index in [0.717, 1.165) is 0 Å². The molecule has 0 aliphatic carbocycles. The van der Waals surface area contributed by atoms with Gasteiger partial charge in [0.2, 0.25) is 12.0 Å². The molecule has 48 valence electrons. The maximum absolute atomic E-state index is 10.5. The van der Waals surface area contributed by atoms with Gasteiger partial charge in [0.15, 0.2) is 0 Å². The number of nitrogens with one attached hydrogen (secondary N) is 1. The summed E-state index contributed by atoms with van der Waals surface area (Å²) in [6, 6.07) is 0. The number of halogens is 1. The highest BCUT2D eigenvalue weighted by molar-refractivity contribution is 6.67. The predicted molar refractivity (Wildman–Crippen MR) is 32.2 cm³/mol. The highest BCUT2D eigenvalue weighted by atomic mass is 35.5. The van der Waals surface area contributed by atoms with Crippen LogP contribution >= 0.6 is 11.6 Å². The molecule has 0 bridgehead atoms. The topological polar surface area (TPSA) is 36.7 Å². The number of nitrogens with zero attached hydrogens (tertiary/aromatic N) is 1. The molecule has 0 fully saturated rings. The molecule has 9 heavy (non-hydrogen) atoms. The van der Waals surface area contributed by atoms with Crippen LogP contribution in [0.1, 0.15) is 10.5 Å². The van der Waals surface area contributed by atoms with Crippen molar-refractivity contribution >= 4 is 16.8 Å². The van der Waals surface area contributed by atoms with Gasteiger partial charge in [-0.15, -0.1) is 0 Å². The van der Waals surface area contributed by atoms with E-state index in [0.29, 0.717) is 5.69 Å². The highest BCUT2D eigenvalue weighted by Gasteiger charge is 2.10. The van der Waals surface area contributed by atoms with Crippen molar-refractivity contribution in [2.75, 3.05) is 0 Å². The van der Waals surface area contributed by atoms with Crippen molar-refractivity contribution in [3.8, 4) is 0 Å². The minimum atomic E-state index is -0.446. The number of rotatable bonds is 1. The van der Waals surface area contributed by atoms with Crippen LogP contribution in [0, 0.1) is 0 Å². The number of aryl methyl sites for hydroxylation is 1. The first-order valence-electron chi connectivity index (χ1n) is 2.44. The van der Waals surface area contributed by atoms with Crippen LogP contribution in [-0.4, -0.2) is 10.2 Å². The lowest BCUT2D eigenvalue weighted by molar-refractivity contribution is -0.671. The van der Waals surface area contributed by atoms with Crippen LogP contribution in [0.4, 0.5) is 0 Å². The molecule has 0 saturated heterocycles. The fourth-order valence-corrected chi connectivity index (χ4v) is 0.783. The maximum atomic E-state index is 10.5. The third kappa shape index (κ3) is 1.10. The standard InChI is InChI=1S/C5H5ClN2O/c1-8-3-7-2-4(8)5(6)9/h2-3H,1H3/p+1. The van der Waals surface area contributed by atoms with Crippen molar-refractivity contribution in [2.24, 2.45) is 7.05 Å². The number of imidazole rings is 1. The summed E-state index contributed by atoms with van der Waals surface area (Å²) in [7, 11) is 1.74. The van der Waals surface area contributed by atoms with E-state index in [-0.39, 0.29) is 0 Å². The molecule has 0 atom stereocenters. The molecule has 0 aliphatic rings. The zero-order valence-electron chi connectivity index (χ0n) is 4.89. The van der Waals surface area contributed by atoms with Crippen LogP contribution in [0.5, 0.6) is 0 Å². The van der Waals surface area contributed by atoms with E-state index < -0.39 is 5.24 Å². The number of aromatic amines is 1. The monoisotopic (exact) mass is 145 g/mol. The summed E-state index contributed by atoms with van der Waals surface area (Å²) in [5.41, 5.74) is 0.469. The maximum Gasteiger partial charge on any atom is 0.295 e. The Morgan fingerprint density at radius 2 is 2.56 bits per heavy atom. The Kier molecular flexibility index (Phi) is 1.53. The van der Waals surface area contributed by atoms with Crippen molar-refractivity contribution in [1.82, 2.24) is 4.98 Å². The molecular formula is C5H6ClN2O+. The smallest absolute Gasteiger partial charge is 0.271 e. The van der Waals surface area contributed by atoms with E-state index >= 15 is 0 Å². The fraction of sp³-hybridized carbons (Fsp3) is 0.200. The second kappa shape index (κ2) is 2.19. The average molecular weight is 146 g/mol. The third-order valence-electron chi connectivity index (χ3n) is 1.07. The molecule has 1 N–H and O–H groups in total. The zero-order valence-corrected chi connectivity index (χ0v) is 5.64. The SMILES string of the molecule is C[n+]1c[nH]cc1C(=O)Cl. The number of carbonyl (C=O) groups excluding carboxylic acids is 1. The van der Waals surface area contributed by atoms with E-state index in [2.05, 4.69) is 4.98 Å². The van der Waals surface area contributed by atoms with Gasteiger partial charge >= 0.3 is 0 Å². The summed E-state index contributed by atoms with van der Waals surface area (Å²) in [4.78, 5) is 13.2. The minimum Gasteiger partial charge on any atom is -0.271 e. The van der Waals surface area contributed by atoms with Crippen LogP contribution < -0.4 is 4.57 Å². The van der Waals surface area contributed by atoms with Gasteiger partial charge in [-0.25, -0.2) is 9.55 Å². The van der Waals surface area contributed by atoms with Crippen LogP contribution in [0.25, 0.3) is 0 Å². The number of hydrogen-bond donors (Lipinski definition) is 1. The Bertz CT molecular complexity index is 231. The summed E-state index contributed by atoms with van der Waals surface area (Å²) in [6.45, 7) is 0. The molecule has 1 aromatic heterocycles. The van der Waals surface area contributed by atoms with Crippen molar-refractivity contribution in [2.45, 2.75) is 0 Å². The largest absolute Gasteiger partial charge is 0.295 e. The quantitative estimate of drug-likeness (QED) is 0.446. The lowest BCUT2D eigenvalue weighted by atomic mass is 10.5. The molecule has 3 nitrogen and oxygen atoms in total. The first-order valence-corrected chi connectivity index (χ1v) is 2.82. The first-order chi connectivity index (χ1) is 4.22. The van der Waals surface area contributed by atoms with Crippen LogP contribution in [0.2, 0.25) is 0 Å². The third-order valence-corrected chi connectivity index (χ3v) is 1.26. The van der Waals surface area contributed by atoms with Crippen LogP contribution in [0.3, 0.4) is 0 Å². The minimum absolute atomic E-state index is 0.446. The Balaban J connectivity index is 3.08. The molecular weight excluding hydrogens is 140 g/mol. The highest BCUT2D eigenvalue weighted by Crippen LogP contribution is 1.92. The van der Waals surface area contributed by atoms with Gasteiger partial charge in [-0.2, -0.15) is 0 Å². The number of carbonyl (C=O) groups is 1. The van der Waals surface area contributed by atoms with Crippen molar-refractivity contribution in [1.29, 1.82) is 0 Å². The van der Waals surface area contributed by atoms with Crippen LogP contribution in [-0.2, 0) is 7.05 Å². The lowest BCUT2D eigenvalue weighted by Crippen LogP contribution is -2.31. The molecule has 1 aromatic rings. The molecule has 0 saturated carbocycles. The number of H-pyrrole nitrogens is 1. The lowest BCUT2D eigenvalue weighted by Gasteiger charge is -1.82. The van der Waals surface area contributed by atoms with Gasteiger partial charge in [0.25, 0.3) is 5.24 Å². The fourth-order valence-electron chi connectivity index (χ4n) is 0.595. The second-order valence-corrected chi connectivity index (χ2v) is 2.05. The summed E-state index contributed by atoms with van der Waals surface area (Å²) >= 11 is 5.17. The summed E-state index contributed by atoms with van der Waals surface area (Å²) in [6.07, 6.45) is 3.20. The molecule has 1 rings (SSSR count). The van der Waals surface area contributed by atoms with Crippen molar-refractivity contribution < 1.29 is 9.36 Å². The van der Waals surface area contributed by atoms with Gasteiger partial charge in [-0.3, -0.25) is 4.79 Å². The Morgan fingerprint density at radius 1 is 1.89 bits per heavy atom. The number of aromatic nitrogens is 2. The van der Waals surface area contributed by atoms with E-state index in [1.54, 1.807) is 24.1 Å². The average Bonchev–Trinajstić information content (AvgIpc) is 2.13. The normalized spacial score (nSPS) is 9.56. The van der Waals surface area contributed by atoms with Gasteiger partial charge in [0, 0.05) is 0 Å². The van der Waals surface area contributed by atoms with E-state index in [1.165, 1.54) is 0 Å². The Morgan fingerprint density at radius 3 is 2.78 bits per heavy atom. The van der Waals surface area contributed by atoms with E-state index in [9.17, 15) is 4.79 Å². The first kappa shape index (κ1) is 6.29. The summed E-state index contributed by atoms with van der Waals surface area (Å²) < 4.78 is 1.62.